The maximum absolute atomic E-state index is 12.0. The summed E-state index contributed by atoms with van der Waals surface area (Å²) in [6.45, 7) is 7.37. The molecule has 0 saturated carbocycles. The summed E-state index contributed by atoms with van der Waals surface area (Å²) in [5.41, 5.74) is 2.40. The van der Waals surface area contributed by atoms with Crippen molar-refractivity contribution in [1.82, 2.24) is 20.5 Å². The number of carbonyl (C=O) groups excluding carboxylic acids is 1. The first-order chi connectivity index (χ1) is 12.2. The molecule has 1 aliphatic rings. The van der Waals surface area contributed by atoms with Crippen molar-refractivity contribution in [1.29, 1.82) is 0 Å². The van der Waals surface area contributed by atoms with E-state index in [2.05, 4.69) is 32.7 Å². The van der Waals surface area contributed by atoms with Crippen molar-refractivity contribution in [3.8, 4) is 0 Å². The highest BCUT2D eigenvalue weighted by atomic mass is 32.1. The summed E-state index contributed by atoms with van der Waals surface area (Å²) in [6, 6.07) is 8.10. The van der Waals surface area contributed by atoms with Crippen LogP contribution < -0.4 is 10.6 Å². The minimum atomic E-state index is -0.160. The molecule has 2 aromatic rings. The second-order valence-corrected chi connectivity index (χ2v) is 7.36. The first kappa shape index (κ1) is 17.8. The predicted molar refractivity (Wildman–Crippen MR) is 98.5 cm³/mol. The van der Waals surface area contributed by atoms with E-state index in [9.17, 15) is 4.79 Å². The fraction of sp³-hybridized carbons (Fsp3) is 0.444. The first-order valence-corrected chi connectivity index (χ1v) is 9.32. The fourth-order valence-electron chi connectivity index (χ4n) is 2.78. The zero-order chi connectivity index (χ0) is 17.5. The van der Waals surface area contributed by atoms with E-state index in [0.29, 0.717) is 13.1 Å². The molecule has 1 aliphatic heterocycles. The molecule has 1 aromatic heterocycles. The number of hydrogen-bond acceptors (Lipinski definition) is 5. The van der Waals surface area contributed by atoms with Gasteiger partial charge >= 0.3 is 6.03 Å². The van der Waals surface area contributed by atoms with Crippen LogP contribution in [0.2, 0.25) is 0 Å². The monoisotopic (exact) mass is 360 g/mol. The summed E-state index contributed by atoms with van der Waals surface area (Å²) in [6.07, 6.45) is 1.80. The lowest BCUT2D eigenvalue weighted by molar-refractivity contribution is 0.0341. The Morgan fingerprint density at radius 1 is 1.20 bits per heavy atom. The second-order valence-electron chi connectivity index (χ2n) is 6.04. The highest BCUT2D eigenvalue weighted by Crippen LogP contribution is 2.13. The predicted octanol–water partition coefficient (Wildman–Crippen LogP) is 2.28. The summed E-state index contributed by atoms with van der Waals surface area (Å²) in [5.74, 6) is 0. The Hall–Kier alpha value is -1.96. The van der Waals surface area contributed by atoms with E-state index >= 15 is 0 Å². The Morgan fingerprint density at radius 2 is 1.92 bits per heavy atom. The number of rotatable bonds is 6. The third-order valence-electron chi connectivity index (χ3n) is 4.15. The van der Waals surface area contributed by atoms with Gasteiger partial charge in [-0.2, -0.15) is 0 Å². The summed E-state index contributed by atoms with van der Waals surface area (Å²) in [7, 11) is 0. The van der Waals surface area contributed by atoms with E-state index < -0.39 is 0 Å². The summed E-state index contributed by atoms with van der Waals surface area (Å²) >= 11 is 1.60. The number of aryl methyl sites for hydroxylation is 1. The molecule has 134 valence electrons. The molecule has 1 saturated heterocycles. The zero-order valence-electron chi connectivity index (χ0n) is 14.5. The van der Waals surface area contributed by atoms with E-state index in [1.807, 2.05) is 19.1 Å². The van der Waals surface area contributed by atoms with Gasteiger partial charge in [0.25, 0.3) is 0 Å². The van der Waals surface area contributed by atoms with Gasteiger partial charge in [0.15, 0.2) is 0 Å². The molecule has 2 amide bonds. The van der Waals surface area contributed by atoms with Crippen LogP contribution in [0.25, 0.3) is 0 Å². The number of thiazole rings is 1. The third kappa shape index (κ3) is 5.52. The standard InChI is InChI=1S/C18H24N4O2S/c1-14-19-11-17(25-14)12-21-18(23)20-10-15-4-2-3-5-16(15)13-22-6-8-24-9-7-22/h2-5,11H,6-10,12-13H2,1H3,(H2,20,21,23). The number of morpholine rings is 1. The lowest BCUT2D eigenvalue weighted by atomic mass is 10.1. The van der Waals surface area contributed by atoms with Gasteiger partial charge in [-0.3, -0.25) is 4.90 Å². The molecule has 6 nitrogen and oxygen atoms in total. The highest BCUT2D eigenvalue weighted by Gasteiger charge is 2.13. The largest absolute Gasteiger partial charge is 0.379 e. The van der Waals surface area contributed by atoms with Crippen molar-refractivity contribution in [2.45, 2.75) is 26.6 Å². The van der Waals surface area contributed by atoms with Crippen LogP contribution in [0, 0.1) is 6.92 Å². The normalized spacial score (nSPS) is 15.1. The van der Waals surface area contributed by atoms with Crippen molar-refractivity contribution in [3.63, 3.8) is 0 Å². The molecule has 0 bridgehead atoms. The van der Waals surface area contributed by atoms with Crippen molar-refractivity contribution in [2.75, 3.05) is 26.3 Å². The number of nitrogens with zero attached hydrogens (tertiary/aromatic N) is 2. The Labute approximate surface area is 152 Å². The minimum absolute atomic E-state index is 0.160. The zero-order valence-corrected chi connectivity index (χ0v) is 15.3. The van der Waals surface area contributed by atoms with E-state index in [1.54, 1.807) is 17.5 Å². The van der Waals surface area contributed by atoms with E-state index in [-0.39, 0.29) is 6.03 Å². The molecule has 0 unspecified atom stereocenters. The molecule has 0 spiro atoms. The third-order valence-corrected chi connectivity index (χ3v) is 5.06. The minimum Gasteiger partial charge on any atom is -0.379 e. The van der Waals surface area contributed by atoms with Gasteiger partial charge in [-0.1, -0.05) is 24.3 Å². The first-order valence-electron chi connectivity index (χ1n) is 8.50. The fourth-order valence-corrected chi connectivity index (χ4v) is 3.51. The SMILES string of the molecule is Cc1ncc(CNC(=O)NCc2ccccc2CN2CCOCC2)s1. The van der Waals surface area contributed by atoms with Gasteiger partial charge in [-0.15, -0.1) is 11.3 Å². The Balaban J connectivity index is 1.49. The number of ether oxygens (including phenoxy) is 1. The van der Waals surface area contributed by atoms with Crippen molar-refractivity contribution >= 4 is 17.4 Å². The molecule has 2 heterocycles. The lowest BCUT2D eigenvalue weighted by Gasteiger charge is -2.27. The van der Waals surface area contributed by atoms with Crippen molar-refractivity contribution in [3.05, 3.63) is 51.5 Å². The average Bonchev–Trinajstić information content (AvgIpc) is 3.05. The lowest BCUT2D eigenvalue weighted by Crippen LogP contribution is -2.37. The molecular weight excluding hydrogens is 336 g/mol. The Bertz CT molecular complexity index is 698. The van der Waals surface area contributed by atoms with E-state index in [0.717, 1.165) is 48.3 Å². The van der Waals surface area contributed by atoms with Gasteiger partial charge in [0.2, 0.25) is 0 Å². The quantitative estimate of drug-likeness (QED) is 0.829. The number of urea groups is 1. The van der Waals surface area contributed by atoms with Crippen LogP contribution in [0.4, 0.5) is 4.79 Å². The smallest absolute Gasteiger partial charge is 0.315 e. The number of amides is 2. The molecule has 2 N–H and O–H groups in total. The number of nitrogens with one attached hydrogen (secondary N) is 2. The molecule has 7 heteroatoms. The topological polar surface area (TPSA) is 66.5 Å². The number of hydrogen-bond donors (Lipinski definition) is 2. The molecule has 3 rings (SSSR count). The van der Waals surface area contributed by atoms with Crippen LogP contribution in [0.5, 0.6) is 0 Å². The molecule has 1 fully saturated rings. The molecule has 0 radical (unpaired) electrons. The van der Waals surface area contributed by atoms with Crippen LogP contribution in [0.15, 0.2) is 30.5 Å². The maximum Gasteiger partial charge on any atom is 0.315 e. The van der Waals surface area contributed by atoms with Crippen LogP contribution >= 0.6 is 11.3 Å². The molecule has 0 atom stereocenters. The van der Waals surface area contributed by atoms with Gasteiger partial charge in [-0.25, -0.2) is 9.78 Å². The van der Waals surface area contributed by atoms with Crippen LogP contribution in [-0.4, -0.2) is 42.2 Å². The van der Waals surface area contributed by atoms with E-state index in [1.165, 1.54) is 5.56 Å². The van der Waals surface area contributed by atoms with Crippen molar-refractivity contribution < 1.29 is 9.53 Å². The summed E-state index contributed by atoms with van der Waals surface area (Å²) in [4.78, 5) is 19.7. The molecule has 25 heavy (non-hydrogen) atoms. The van der Waals surface area contributed by atoms with E-state index in [4.69, 9.17) is 4.74 Å². The molecule has 0 aliphatic carbocycles. The van der Waals surface area contributed by atoms with Gasteiger partial charge in [-0.05, 0) is 18.1 Å². The van der Waals surface area contributed by atoms with Crippen LogP contribution in [-0.2, 0) is 24.4 Å². The molecular formula is C18H24N4O2S. The van der Waals surface area contributed by atoms with Gasteiger partial charge < -0.3 is 15.4 Å². The van der Waals surface area contributed by atoms with Crippen LogP contribution in [0.1, 0.15) is 21.0 Å². The highest BCUT2D eigenvalue weighted by molar-refractivity contribution is 7.11. The number of benzene rings is 1. The number of aromatic nitrogens is 1. The van der Waals surface area contributed by atoms with Crippen molar-refractivity contribution in [2.24, 2.45) is 0 Å². The van der Waals surface area contributed by atoms with Crippen LogP contribution in [0.3, 0.4) is 0 Å². The Morgan fingerprint density at radius 3 is 2.64 bits per heavy atom. The van der Waals surface area contributed by atoms with Gasteiger partial charge in [0, 0.05) is 37.3 Å². The molecule has 1 aromatic carbocycles. The summed E-state index contributed by atoms with van der Waals surface area (Å²) in [5, 5.41) is 6.83. The average molecular weight is 360 g/mol. The van der Waals surface area contributed by atoms with Gasteiger partial charge in [0.1, 0.15) is 0 Å². The van der Waals surface area contributed by atoms with Gasteiger partial charge in [0.05, 0.1) is 24.8 Å². The second kappa shape index (κ2) is 8.94. The maximum atomic E-state index is 12.0. The summed E-state index contributed by atoms with van der Waals surface area (Å²) < 4.78 is 5.40. The number of carbonyl (C=O) groups is 1. The Kier molecular flexibility index (Phi) is 6.38.